The van der Waals surface area contributed by atoms with Crippen LogP contribution in [0.3, 0.4) is 0 Å². The van der Waals surface area contributed by atoms with Crippen LogP contribution in [0.4, 0.5) is 4.79 Å². The minimum absolute atomic E-state index is 0.0582. The van der Waals surface area contributed by atoms with E-state index in [2.05, 4.69) is 5.32 Å². The molecule has 1 amide bonds. The summed E-state index contributed by atoms with van der Waals surface area (Å²) in [7, 11) is 0. The van der Waals surface area contributed by atoms with Crippen molar-refractivity contribution in [1.29, 1.82) is 0 Å². The Morgan fingerprint density at radius 2 is 1.83 bits per heavy atom. The second kappa shape index (κ2) is 8.53. The van der Waals surface area contributed by atoms with Gasteiger partial charge in [0.2, 0.25) is 0 Å². The Bertz CT molecular complexity index is 509. The van der Waals surface area contributed by atoms with E-state index in [-0.39, 0.29) is 12.8 Å². The van der Waals surface area contributed by atoms with E-state index in [1.54, 1.807) is 20.8 Å². The number of carbonyl (C=O) groups is 2. The number of rotatable bonds is 7. The normalized spacial score (nSPS) is 13.9. The number of ether oxygens (including phenoxy) is 1. The van der Waals surface area contributed by atoms with Gasteiger partial charge in [0, 0.05) is 6.42 Å². The fraction of sp³-hybridized carbons (Fsp3) is 0.529. The molecule has 0 spiro atoms. The molecule has 128 valence electrons. The number of aliphatic carboxylic acids is 1. The molecule has 0 heterocycles. The molecule has 0 aliphatic rings. The Morgan fingerprint density at radius 3 is 2.35 bits per heavy atom. The van der Waals surface area contributed by atoms with Gasteiger partial charge in [-0.3, -0.25) is 4.79 Å². The number of benzene rings is 1. The third kappa shape index (κ3) is 8.21. The average Bonchev–Trinajstić information content (AvgIpc) is 2.43. The molecule has 0 radical (unpaired) electrons. The maximum Gasteiger partial charge on any atom is 0.407 e. The number of aliphatic hydroxyl groups excluding tert-OH is 1. The van der Waals surface area contributed by atoms with E-state index < -0.39 is 29.8 Å². The molecule has 0 saturated carbocycles. The van der Waals surface area contributed by atoms with Gasteiger partial charge in [0.15, 0.2) is 0 Å². The van der Waals surface area contributed by atoms with Gasteiger partial charge in [0.25, 0.3) is 0 Å². The monoisotopic (exact) mass is 323 g/mol. The Morgan fingerprint density at radius 1 is 1.22 bits per heavy atom. The fourth-order valence-corrected chi connectivity index (χ4v) is 2.08. The van der Waals surface area contributed by atoms with E-state index in [0.717, 1.165) is 5.56 Å². The molecule has 6 heteroatoms. The number of amides is 1. The zero-order valence-corrected chi connectivity index (χ0v) is 13.8. The summed E-state index contributed by atoms with van der Waals surface area (Å²) < 4.78 is 5.20. The lowest BCUT2D eigenvalue weighted by Crippen LogP contribution is -2.46. The highest BCUT2D eigenvalue weighted by molar-refractivity contribution is 5.68. The minimum atomic E-state index is -0.986. The first-order valence-electron chi connectivity index (χ1n) is 7.60. The summed E-state index contributed by atoms with van der Waals surface area (Å²) in [6, 6.07) is 8.75. The van der Waals surface area contributed by atoms with E-state index in [0.29, 0.717) is 6.42 Å². The van der Waals surface area contributed by atoms with Crippen molar-refractivity contribution in [2.24, 2.45) is 0 Å². The number of carbonyl (C=O) groups excluding carboxylic acids is 1. The van der Waals surface area contributed by atoms with Gasteiger partial charge in [-0.05, 0) is 39.2 Å². The lowest BCUT2D eigenvalue weighted by molar-refractivity contribution is -0.137. The van der Waals surface area contributed by atoms with Gasteiger partial charge in [0.1, 0.15) is 5.60 Å². The average molecular weight is 323 g/mol. The van der Waals surface area contributed by atoms with Gasteiger partial charge in [-0.25, -0.2) is 4.79 Å². The second-order valence-electron chi connectivity index (χ2n) is 6.44. The molecule has 2 unspecified atom stereocenters. The predicted octanol–water partition coefficient (Wildman–Crippen LogP) is 2.35. The quantitative estimate of drug-likeness (QED) is 0.716. The highest BCUT2D eigenvalue weighted by Crippen LogP contribution is 2.12. The van der Waals surface area contributed by atoms with Crippen molar-refractivity contribution in [1.82, 2.24) is 5.32 Å². The van der Waals surface area contributed by atoms with Crippen molar-refractivity contribution in [2.45, 2.75) is 57.8 Å². The summed E-state index contributed by atoms with van der Waals surface area (Å²) >= 11 is 0. The maximum absolute atomic E-state index is 11.9. The third-order valence-electron chi connectivity index (χ3n) is 3.12. The summed E-state index contributed by atoms with van der Waals surface area (Å²) in [6.07, 6.45) is -1.32. The van der Waals surface area contributed by atoms with Crippen LogP contribution in [0.15, 0.2) is 30.3 Å². The van der Waals surface area contributed by atoms with Crippen molar-refractivity contribution >= 4 is 12.1 Å². The van der Waals surface area contributed by atoms with Crippen LogP contribution in [0.1, 0.15) is 39.2 Å². The number of alkyl carbamates (subject to hydrolysis) is 1. The van der Waals surface area contributed by atoms with E-state index in [1.165, 1.54) is 0 Å². The molecule has 1 aromatic rings. The molecule has 2 atom stereocenters. The van der Waals surface area contributed by atoms with E-state index >= 15 is 0 Å². The van der Waals surface area contributed by atoms with Crippen LogP contribution in [-0.2, 0) is 16.0 Å². The van der Waals surface area contributed by atoms with Gasteiger partial charge in [-0.1, -0.05) is 30.3 Å². The van der Waals surface area contributed by atoms with Crippen LogP contribution < -0.4 is 5.32 Å². The number of aliphatic hydroxyl groups is 1. The third-order valence-corrected chi connectivity index (χ3v) is 3.12. The summed E-state index contributed by atoms with van der Waals surface area (Å²) in [5.41, 5.74) is 0.288. The summed E-state index contributed by atoms with van der Waals surface area (Å²) in [5.74, 6) is -0.986. The molecular weight excluding hydrogens is 298 g/mol. The Labute approximate surface area is 136 Å². The molecule has 3 N–H and O–H groups in total. The molecule has 0 aliphatic carbocycles. The topological polar surface area (TPSA) is 95.9 Å². The molecule has 0 saturated heterocycles. The van der Waals surface area contributed by atoms with Crippen LogP contribution >= 0.6 is 0 Å². The zero-order valence-electron chi connectivity index (χ0n) is 13.8. The van der Waals surface area contributed by atoms with Gasteiger partial charge in [0.05, 0.1) is 12.1 Å². The van der Waals surface area contributed by atoms with Crippen LogP contribution in [0.2, 0.25) is 0 Å². The lowest BCUT2D eigenvalue weighted by Gasteiger charge is -2.26. The number of nitrogens with one attached hydrogen (secondary N) is 1. The summed E-state index contributed by atoms with van der Waals surface area (Å²) in [4.78, 5) is 22.6. The van der Waals surface area contributed by atoms with Crippen LogP contribution in [-0.4, -0.2) is 40.0 Å². The molecule has 1 aromatic carbocycles. The molecular formula is C17H25NO5. The number of carboxylic acids is 1. The maximum atomic E-state index is 11.9. The first-order valence-corrected chi connectivity index (χ1v) is 7.60. The number of hydrogen-bond acceptors (Lipinski definition) is 4. The largest absolute Gasteiger partial charge is 0.481 e. The van der Waals surface area contributed by atoms with Crippen molar-refractivity contribution in [3.8, 4) is 0 Å². The molecule has 0 aliphatic heterocycles. The first kappa shape index (κ1) is 19.0. The van der Waals surface area contributed by atoms with E-state index in [9.17, 15) is 14.7 Å². The van der Waals surface area contributed by atoms with Gasteiger partial charge < -0.3 is 20.3 Å². The molecule has 0 fully saturated rings. The van der Waals surface area contributed by atoms with E-state index in [1.807, 2.05) is 30.3 Å². The lowest BCUT2D eigenvalue weighted by atomic mass is 9.98. The minimum Gasteiger partial charge on any atom is -0.481 e. The zero-order chi connectivity index (χ0) is 17.5. The standard InChI is InChI=1S/C17H25NO5/c1-17(2,3)23-16(22)18-13(14(19)9-10-15(20)21)11-12-7-5-4-6-8-12/h4-8,13-14,19H,9-11H2,1-3H3,(H,18,22)(H,20,21). The smallest absolute Gasteiger partial charge is 0.407 e. The van der Waals surface area contributed by atoms with Crippen LogP contribution in [0.5, 0.6) is 0 Å². The Balaban J connectivity index is 2.74. The SMILES string of the molecule is CC(C)(C)OC(=O)NC(Cc1ccccc1)C(O)CCC(=O)O. The Kier molecular flexibility index (Phi) is 7.03. The van der Waals surface area contributed by atoms with Crippen molar-refractivity contribution in [3.05, 3.63) is 35.9 Å². The van der Waals surface area contributed by atoms with Gasteiger partial charge >= 0.3 is 12.1 Å². The predicted molar refractivity (Wildman–Crippen MR) is 86.2 cm³/mol. The second-order valence-corrected chi connectivity index (χ2v) is 6.44. The fourth-order valence-electron chi connectivity index (χ4n) is 2.08. The Hall–Kier alpha value is -2.08. The van der Waals surface area contributed by atoms with Crippen molar-refractivity contribution < 1.29 is 24.5 Å². The molecule has 1 rings (SSSR count). The molecule has 23 heavy (non-hydrogen) atoms. The van der Waals surface area contributed by atoms with Crippen LogP contribution in [0, 0.1) is 0 Å². The molecule has 6 nitrogen and oxygen atoms in total. The molecule has 0 aromatic heterocycles. The number of hydrogen-bond donors (Lipinski definition) is 3. The highest BCUT2D eigenvalue weighted by atomic mass is 16.6. The number of carboxylic acid groups (broad SMARTS) is 1. The molecule has 0 bridgehead atoms. The summed E-state index contributed by atoms with van der Waals surface area (Å²) in [6.45, 7) is 5.25. The first-order chi connectivity index (χ1) is 10.7. The van der Waals surface area contributed by atoms with Crippen molar-refractivity contribution in [3.63, 3.8) is 0 Å². The van der Waals surface area contributed by atoms with Crippen molar-refractivity contribution in [2.75, 3.05) is 0 Å². The summed E-state index contributed by atoms with van der Waals surface area (Å²) in [5, 5.41) is 21.6. The van der Waals surface area contributed by atoms with Gasteiger partial charge in [-0.2, -0.15) is 0 Å². The van der Waals surface area contributed by atoms with Crippen LogP contribution in [0.25, 0.3) is 0 Å². The van der Waals surface area contributed by atoms with E-state index in [4.69, 9.17) is 9.84 Å². The van der Waals surface area contributed by atoms with Gasteiger partial charge in [-0.15, -0.1) is 0 Å². The highest BCUT2D eigenvalue weighted by Gasteiger charge is 2.25.